The summed E-state index contributed by atoms with van der Waals surface area (Å²) in [5.41, 5.74) is 0.642. The van der Waals surface area contributed by atoms with Crippen molar-refractivity contribution < 1.29 is 14.3 Å². The number of nitrogens with zero attached hydrogens (tertiary/aromatic N) is 1. The molecule has 6 heteroatoms. The molecule has 1 saturated heterocycles. The van der Waals surface area contributed by atoms with Crippen molar-refractivity contribution in [2.75, 3.05) is 31.6 Å². The first-order valence-corrected chi connectivity index (χ1v) is 8.32. The third-order valence-corrected chi connectivity index (χ3v) is 4.01. The SMILES string of the molecule is C#CC(NC(=O)Nc1ccccc1C(=O)N1CCOCC1)C(C)(C)C. The Morgan fingerprint density at radius 2 is 1.88 bits per heavy atom. The molecule has 1 heterocycles. The Morgan fingerprint density at radius 3 is 2.48 bits per heavy atom. The predicted molar refractivity (Wildman–Crippen MR) is 97.4 cm³/mol. The molecule has 1 aromatic rings. The lowest BCUT2D eigenvalue weighted by Gasteiger charge is -2.28. The molecule has 1 aromatic carbocycles. The van der Waals surface area contributed by atoms with Crippen LogP contribution in [0.5, 0.6) is 0 Å². The molecule has 2 N–H and O–H groups in total. The number of ether oxygens (including phenoxy) is 1. The van der Waals surface area contributed by atoms with Crippen LogP contribution in [-0.2, 0) is 4.74 Å². The summed E-state index contributed by atoms with van der Waals surface area (Å²) in [5, 5.41) is 5.51. The summed E-state index contributed by atoms with van der Waals surface area (Å²) < 4.78 is 5.28. The number of rotatable bonds is 3. The number of anilines is 1. The van der Waals surface area contributed by atoms with E-state index >= 15 is 0 Å². The van der Waals surface area contributed by atoms with Gasteiger partial charge in [-0.1, -0.05) is 38.8 Å². The number of benzene rings is 1. The summed E-state index contributed by atoms with van der Waals surface area (Å²) in [6.45, 7) is 7.99. The van der Waals surface area contributed by atoms with Crippen LogP contribution < -0.4 is 10.6 Å². The number of terminal acetylenes is 1. The maximum absolute atomic E-state index is 12.7. The molecule has 0 aromatic heterocycles. The zero-order valence-electron chi connectivity index (χ0n) is 15.0. The smallest absolute Gasteiger partial charge is 0.320 e. The fourth-order valence-corrected chi connectivity index (χ4v) is 2.51. The molecule has 0 saturated carbocycles. The zero-order chi connectivity index (χ0) is 18.4. The van der Waals surface area contributed by atoms with Gasteiger partial charge in [0.15, 0.2) is 0 Å². The highest BCUT2D eigenvalue weighted by Gasteiger charge is 2.25. The predicted octanol–water partition coefficient (Wildman–Crippen LogP) is 2.33. The minimum Gasteiger partial charge on any atom is -0.378 e. The maximum atomic E-state index is 12.7. The van der Waals surface area contributed by atoms with Crippen LogP contribution in [0.3, 0.4) is 0 Å². The van der Waals surface area contributed by atoms with E-state index in [1.54, 1.807) is 29.2 Å². The molecule has 3 amide bonds. The van der Waals surface area contributed by atoms with Gasteiger partial charge >= 0.3 is 6.03 Å². The van der Waals surface area contributed by atoms with Crippen molar-refractivity contribution in [3.05, 3.63) is 29.8 Å². The third-order valence-electron chi connectivity index (χ3n) is 4.01. The number of nitrogens with one attached hydrogen (secondary N) is 2. The van der Waals surface area contributed by atoms with E-state index < -0.39 is 12.1 Å². The number of amides is 3. The van der Waals surface area contributed by atoms with Crippen LogP contribution >= 0.6 is 0 Å². The van der Waals surface area contributed by atoms with E-state index in [4.69, 9.17) is 11.2 Å². The lowest BCUT2D eigenvalue weighted by atomic mass is 9.87. The van der Waals surface area contributed by atoms with Crippen molar-refractivity contribution in [1.29, 1.82) is 0 Å². The molecule has 134 valence electrons. The number of carbonyl (C=O) groups excluding carboxylic acids is 2. The van der Waals surface area contributed by atoms with E-state index in [2.05, 4.69) is 16.6 Å². The van der Waals surface area contributed by atoms with Crippen molar-refractivity contribution >= 4 is 17.6 Å². The molecule has 0 bridgehead atoms. The first-order valence-electron chi connectivity index (χ1n) is 8.32. The second kappa shape index (κ2) is 8.04. The maximum Gasteiger partial charge on any atom is 0.320 e. The number of morpholine rings is 1. The van der Waals surface area contributed by atoms with Crippen LogP contribution in [-0.4, -0.2) is 49.2 Å². The molecule has 0 spiro atoms. The molecule has 1 unspecified atom stereocenters. The molecule has 6 nitrogen and oxygen atoms in total. The van der Waals surface area contributed by atoms with E-state index in [0.29, 0.717) is 37.6 Å². The Kier molecular flexibility index (Phi) is 6.05. The zero-order valence-corrected chi connectivity index (χ0v) is 15.0. The Bertz CT molecular complexity index is 667. The van der Waals surface area contributed by atoms with Crippen LogP contribution in [0.2, 0.25) is 0 Å². The highest BCUT2D eigenvalue weighted by Crippen LogP contribution is 2.20. The molecule has 0 aliphatic carbocycles. The van der Waals surface area contributed by atoms with Gasteiger partial charge in [0.05, 0.1) is 30.5 Å². The van der Waals surface area contributed by atoms with Crippen LogP contribution in [0.25, 0.3) is 0 Å². The minimum atomic E-state index is -0.430. The van der Waals surface area contributed by atoms with E-state index in [9.17, 15) is 9.59 Å². The van der Waals surface area contributed by atoms with Crippen molar-refractivity contribution in [2.24, 2.45) is 5.41 Å². The number of para-hydroxylation sites is 1. The van der Waals surface area contributed by atoms with Crippen LogP contribution in [0.4, 0.5) is 10.5 Å². The van der Waals surface area contributed by atoms with Gasteiger partial charge in [0.1, 0.15) is 0 Å². The van der Waals surface area contributed by atoms with E-state index in [1.165, 1.54) is 0 Å². The van der Waals surface area contributed by atoms with Gasteiger partial charge in [-0.05, 0) is 17.5 Å². The van der Waals surface area contributed by atoms with Crippen LogP contribution in [0.1, 0.15) is 31.1 Å². The first kappa shape index (κ1) is 18.8. The Labute approximate surface area is 148 Å². The van der Waals surface area contributed by atoms with E-state index in [-0.39, 0.29) is 11.3 Å². The topological polar surface area (TPSA) is 70.7 Å². The second-order valence-corrected chi connectivity index (χ2v) is 7.01. The fourth-order valence-electron chi connectivity index (χ4n) is 2.51. The molecule has 1 aliphatic rings. The number of hydrogen-bond donors (Lipinski definition) is 2. The molecule has 2 rings (SSSR count). The average molecular weight is 343 g/mol. The van der Waals surface area contributed by atoms with Gasteiger partial charge in [-0.2, -0.15) is 0 Å². The van der Waals surface area contributed by atoms with E-state index in [0.717, 1.165) is 0 Å². The Morgan fingerprint density at radius 1 is 1.24 bits per heavy atom. The lowest BCUT2D eigenvalue weighted by molar-refractivity contribution is 0.0303. The number of hydrogen-bond acceptors (Lipinski definition) is 3. The second-order valence-electron chi connectivity index (χ2n) is 7.01. The van der Waals surface area contributed by atoms with Gasteiger partial charge < -0.3 is 20.3 Å². The van der Waals surface area contributed by atoms with Gasteiger partial charge in [0.2, 0.25) is 0 Å². The average Bonchev–Trinajstić information content (AvgIpc) is 2.59. The van der Waals surface area contributed by atoms with Gasteiger partial charge in [0, 0.05) is 13.1 Å². The molecule has 1 fully saturated rings. The third kappa shape index (κ3) is 4.97. The highest BCUT2D eigenvalue weighted by molar-refractivity contribution is 6.03. The molecule has 1 atom stereocenters. The molecular weight excluding hydrogens is 318 g/mol. The monoisotopic (exact) mass is 343 g/mol. The largest absolute Gasteiger partial charge is 0.378 e. The molecule has 1 aliphatic heterocycles. The quantitative estimate of drug-likeness (QED) is 0.828. The Hall–Kier alpha value is -2.52. The van der Waals surface area contributed by atoms with Crippen molar-refractivity contribution in [1.82, 2.24) is 10.2 Å². The normalized spacial score (nSPS) is 15.8. The van der Waals surface area contributed by atoms with Gasteiger partial charge in [-0.3, -0.25) is 4.79 Å². The standard InChI is InChI=1S/C19H25N3O3/c1-5-16(19(2,3)4)21-18(24)20-15-9-7-6-8-14(15)17(23)22-10-12-25-13-11-22/h1,6-9,16H,10-13H2,2-4H3,(H2,20,21,24). The minimum absolute atomic E-state index is 0.122. The van der Waals surface area contributed by atoms with Crippen molar-refractivity contribution in [3.63, 3.8) is 0 Å². The van der Waals surface area contributed by atoms with Crippen LogP contribution in [0.15, 0.2) is 24.3 Å². The van der Waals surface area contributed by atoms with Crippen LogP contribution in [0, 0.1) is 17.8 Å². The fraction of sp³-hybridized carbons (Fsp3) is 0.474. The summed E-state index contributed by atoms with van der Waals surface area (Å²) in [6, 6.07) is 6.10. The number of urea groups is 1. The van der Waals surface area contributed by atoms with Gasteiger partial charge in [-0.25, -0.2) is 4.79 Å². The summed E-state index contributed by atoms with van der Waals surface area (Å²) in [7, 11) is 0. The summed E-state index contributed by atoms with van der Waals surface area (Å²) in [5.74, 6) is 2.47. The van der Waals surface area contributed by atoms with Gasteiger partial charge in [-0.15, -0.1) is 6.42 Å². The van der Waals surface area contributed by atoms with Crippen molar-refractivity contribution in [3.8, 4) is 12.3 Å². The first-order chi connectivity index (χ1) is 11.8. The molecule has 25 heavy (non-hydrogen) atoms. The van der Waals surface area contributed by atoms with E-state index in [1.807, 2.05) is 20.8 Å². The van der Waals surface area contributed by atoms with Crippen molar-refractivity contribution in [2.45, 2.75) is 26.8 Å². The molecule has 0 radical (unpaired) electrons. The Balaban J connectivity index is 2.11. The number of carbonyl (C=O) groups is 2. The molecular formula is C19H25N3O3. The highest BCUT2D eigenvalue weighted by atomic mass is 16.5. The summed E-state index contributed by atoms with van der Waals surface area (Å²) >= 11 is 0. The summed E-state index contributed by atoms with van der Waals surface area (Å²) in [6.07, 6.45) is 5.51. The lowest BCUT2D eigenvalue weighted by Crippen LogP contribution is -2.45. The summed E-state index contributed by atoms with van der Waals surface area (Å²) in [4.78, 5) is 26.7. The van der Waals surface area contributed by atoms with Gasteiger partial charge in [0.25, 0.3) is 5.91 Å².